The van der Waals surface area contributed by atoms with Gasteiger partial charge in [-0.2, -0.15) is 0 Å². The number of rotatable bonds is 10. The van der Waals surface area contributed by atoms with Crippen LogP contribution in [0.1, 0.15) is 17.3 Å². The summed E-state index contributed by atoms with van der Waals surface area (Å²) in [6.45, 7) is 2.58. The van der Waals surface area contributed by atoms with E-state index in [1.54, 1.807) is 24.3 Å². The van der Waals surface area contributed by atoms with Gasteiger partial charge in [0, 0.05) is 13.1 Å². The summed E-state index contributed by atoms with van der Waals surface area (Å²) >= 11 is 12.1. The summed E-state index contributed by atoms with van der Waals surface area (Å²) in [6, 6.07) is 10.2. The second-order valence-electron chi connectivity index (χ2n) is 5.71. The summed E-state index contributed by atoms with van der Waals surface area (Å²) < 4.78 is 16.1. The molecule has 0 aliphatic carbocycles. The summed E-state index contributed by atoms with van der Waals surface area (Å²) in [5, 5.41) is 5.81. The number of methoxy groups -OCH3 is 1. The van der Waals surface area contributed by atoms with E-state index in [1.807, 2.05) is 13.0 Å². The second kappa shape index (κ2) is 11.4. The molecule has 0 aromatic heterocycles. The first-order chi connectivity index (χ1) is 14.0. The van der Waals surface area contributed by atoms with Crippen molar-refractivity contribution < 1.29 is 23.8 Å². The van der Waals surface area contributed by atoms with Crippen LogP contribution in [-0.2, 0) is 4.79 Å². The van der Waals surface area contributed by atoms with Gasteiger partial charge in [-0.25, -0.2) is 0 Å². The van der Waals surface area contributed by atoms with Crippen LogP contribution in [0.5, 0.6) is 17.2 Å². The summed E-state index contributed by atoms with van der Waals surface area (Å²) in [5.74, 6) is 0.472. The summed E-state index contributed by atoms with van der Waals surface area (Å²) in [4.78, 5) is 24.3. The number of hydrogen-bond acceptors (Lipinski definition) is 5. The van der Waals surface area contributed by atoms with Crippen molar-refractivity contribution in [2.45, 2.75) is 6.92 Å². The number of nitrogens with one attached hydrogen (secondary N) is 2. The van der Waals surface area contributed by atoms with E-state index in [4.69, 9.17) is 37.4 Å². The lowest BCUT2D eigenvalue weighted by molar-refractivity contribution is -0.123. The summed E-state index contributed by atoms with van der Waals surface area (Å²) in [5.41, 5.74) is 0.142. The van der Waals surface area contributed by atoms with Gasteiger partial charge in [-0.15, -0.1) is 0 Å². The molecule has 2 aromatic rings. The molecule has 0 spiro atoms. The van der Waals surface area contributed by atoms with Crippen LogP contribution in [0.4, 0.5) is 0 Å². The van der Waals surface area contributed by atoms with Crippen molar-refractivity contribution in [1.29, 1.82) is 0 Å². The highest BCUT2D eigenvalue weighted by Gasteiger charge is 2.19. The van der Waals surface area contributed by atoms with Gasteiger partial charge < -0.3 is 24.8 Å². The Bertz CT molecular complexity index is 861. The van der Waals surface area contributed by atoms with Gasteiger partial charge in [0.05, 0.1) is 23.8 Å². The molecule has 2 aromatic carbocycles. The van der Waals surface area contributed by atoms with Gasteiger partial charge in [-0.05, 0) is 31.2 Å². The molecule has 0 saturated heterocycles. The molecule has 7 nitrogen and oxygen atoms in total. The highest BCUT2D eigenvalue weighted by molar-refractivity contribution is 6.37. The van der Waals surface area contributed by atoms with Crippen molar-refractivity contribution in [3.63, 3.8) is 0 Å². The number of amides is 2. The zero-order chi connectivity index (χ0) is 21.2. The molecule has 0 atom stereocenters. The van der Waals surface area contributed by atoms with Crippen LogP contribution >= 0.6 is 23.2 Å². The Morgan fingerprint density at radius 3 is 2.21 bits per heavy atom. The third-order valence-electron chi connectivity index (χ3n) is 3.73. The van der Waals surface area contributed by atoms with Crippen molar-refractivity contribution in [3.8, 4) is 17.2 Å². The third-order valence-corrected chi connectivity index (χ3v) is 4.34. The molecule has 2 amide bonds. The van der Waals surface area contributed by atoms with Crippen LogP contribution in [0.15, 0.2) is 36.4 Å². The van der Waals surface area contributed by atoms with Gasteiger partial charge in [0.1, 0.15) is 5.56 Å². The van der Waals surface area contributed by atoms with Crippen LogP contribution in [0, 0.1) is 0 Å². The molecule has 0 unspecified atom stereocenters. The van der Waals surface area contributed by atoms with Gasteiger partial charge in [-0.1, -0.05) is 35.3 Å². The molecular formula is C20H22Cl2N2O5. The van der Waals surface area contributed by atoms with Crippen LogP contribution in [-0.4, -0.2) is 45.2 Å². The fraction of sp³-hybridized carbons (Fsp3) is 0.300. The van der Waals surface area contributed by atoms with E-state index in [2.05, 4.69) is 10.6 Å². The smallest absolute Gasteiger partial charge is 0.258 e. The first-order valence-electron chi connectivity index (χ1n) is 8.89. The minimum absolute atomic E-state index is 0.142. The largest absolute Gasteiger partial charge is 0.494 e. The molecule has 156 valence electrons. The van der Waals surface area contributed by atoms with E-state index >= 15 is 0 Å². The molecule has 0 fully saturated rings. The van der Waals surface area contributed by atoms with Gasteiger partial charge in [0.25, 0.3) is 11.8 Å². The normalized spacial score (nSPS) is 10.2. The molecule has 0 heterocycles. The van der Waals surface area contributed by atoms with Gasteiger partial charge in [-0.3, -0.25) is 9.59 Å². The summed E-state index contributed by atoms with van der Waals surface area (Å²) in [7, 11) is 1.40. The van der Waals surface area contributed by atoms with Crippen molar-refractivity contribution in [1.82, 2.24) is 10.6 Å². The topological polar surface area (TPSA) is 85.9 Å². The lowest BCUT2D eigenvalue weighted by Gasteiger charge is -2.13. The van der Waals surface area contributed by atoms with Crippen molar-refractivity contribution in [2.24, 2.45) is 0 Å². The predicted octanol–water partition coefficient (Wildman–Crippen LogP) is 3.33. The van der Waals surface area contributed by atoms with Crippen molar-refractivity contribution in [3.05, 3.63) is 52.0 Å². The molecule has 0 saturated carbocycles. The van der Waals surface area contributed by atoms with Crippen molar-refractivity contribution >= 4 is 35.0 Å². The zero-order valence-corrected chi connectivity index (χ0v) is 17.6. The maximum atomic E-state index is 12.4. The molecule has 0 aliphatic heterocycles. The Morgan fingerprint density at radius 2 is 1.55 bits per heavy atom. The number of carbonyl (C=O) groups is 2. The molecule has 9 heteroatoms. The first-order valence-corrected chi connectivity index (χ1v) is 9.65. The van der Waals surface area contributed by atoms with Crippen LogP contribution in [0.2, 0.25) is 10.0 Å². The number of para-hydroxylation sites is 2. The maximum Gasteiger partial charge on any atom is 0.258 e. The molecule has 29 heavy (non-hydrogen) atoms. The predicted molar refractivity (Wildman–Crippen MR) is 111 cm³/mol. The average Bonchev–Trinajstić information content (AvgIpc) is 2.72. The van der Waals surface area contributed by atoms with E-state index in [9.17, 15) is 9.59 Å². The van der Waals surface area contributed by atoms with Crippen LogP contribution in [0.25, 0.3) is 0 Å². The van der Waals surface area contributed by atoms with E-state index in [0.29, 0.717) is 18.1 Å². The molecular weight excluding hydrogens is 419 g/mol. The molecule has 0 radical (unpaired) electrons. The highest BCUT2D eigenvalue weighted by atomic mass is 35.5. The first kappa shape index (κ1) is 22.6. The number of carbonyl (C=O) groups excluding carboxylic acids is 2. The monoisotopic (exact) mass is 440 g/mol. The Hall–Kier alpha value is -2.64. The lowest BCUT2D eigenvalue weighted by Crippen LogP contribution is -2.37. The van der Waals surface area contributed by atoms with E-state index in [1.165, 1.54) is 13.2 Å². The minimum Gasteiger partial charge on any atom is -0.494 e. The van der Waals surface area contributed by atoms with Crippen LogP contribution < -0.4 is 24.8 Å². The Kier molecular flexibility index (Phi) is 8.89. The SMILES string of the molecule is CCOc1ccccc1OCC(=O)NCCNC(=O)c1c(Cl)ccc(Cl)c1OC. The van der Waals surface area contributed by atoms with Crippen molar-refractivity contribution in [2.75, 3.05) is 33.4 Å². The molecule has 0 aliphatic rings. The number of ether oxygens (including phenoxy) is 3. The minimum atomic E-state index is -0.453. The van der Waals surface area contributed by atoms with E-state index in [-0.39, 0.29) is 47.0 Å². The van der Waals surface area contributed by atoms with Gasteiger partial charge in [0.2, 0.25) is 0 Å². The van der Waals surface area contributed by atoms with Gasteiger partial charge in [0.15, 0.2) is 23.9 Å². The van der Waals surface area contributed by atoms with E-state index < -0.39 is 5.91 Å². The third kappa shape index (κ3) is 6.44. The quantitative estimate of drug-likeness (QED) is 0.553. The number of hydrogen-bond donors (Lipinski definition) is 2. The van der Waals surface area contributed by atoms with Crippen LogP contribution in [0.3, 0.4) is 0 Å². The fourth-order valence-electron chi connectivity index (χ4n) is 2.45. The number of halogens is 2. The van der Waals surface area contributed by atoms with Gasteiger partial charge >= 0.3 is 0 Å². The Labute approximate surface area is 179 Å². The Balaban J connectivity index is 1.79. The average molecular weight is 441 g/mol. The maximum absolute atomic E-state index is 12.4. The standard InChI is InChI=1S/C20H22Cl2N2O5/c1-3-28-15-6-4-5-7-16(15)29-12-17(25)23-10-11-24-20(26)18-13(21)8-9-14(22)19(18)27-2/h4-9H,3,10-12H2,1-2H3,(H,23,25)(H,24,26). The zero-order valence-electron chi connectivity index (χ0n) is 16.1. The van der Waals surface area contributed by atoms with E-state index in [0.717, 1.165) is 0 Å². The molecule has 2 rings (SSSR count). The molecule has 2 N–H and O–H groups in total. The highest BCUT2D eigenvalue weighted by Crippen LogP contribution is 2.33. The second-order valence-corrected chi connectivity index (χ2v) is 6.53. The molecule has 0 bridgehead atoms. The lowest BCUT2D eigenvalue weighted by atomic mass is 10.2. The Morgan fingerprint density at radius 1 is 0.931 bits per heavy atom. The summed E-state index contributed by atoms with van der Waals surface area (Å²) in [6.07, 6.45) is 0. The fourth-order valence-corrected chi connectivity index (χ4v) is 2.92. The number of benzene rings is 2.